The van der Waals surface area contributed by atoms with Crippen molar-refractivity contribution < 1.29 is 14.3 Å². The Morgan fingerprint density at radius 2 is 2.24 bits per heavy atom. The number of hydrogen-bond acceptors (Lipinski definition) is 5. The molecule has 1 aromatic rings. The van der Waals surface area contributed by atoms with Gasteiger partial charge in [-0.15, -0.1) is 0 Å². The number of nitrogens with two attached hydrogens (primary N) is 1. The van der Waals surface area contributed by atoms with Crippen molar-refractivity contribution in [2.45, 2.75) is 13.8 Å². The molecule has 0 aliphatic rings. The Labute approximate surface area is 108 Å². The Bertz CT molecular complexity index is 447. The van der Waals surface area contributed by atoms with Crippen LogP contribution in [-0.4, -0.2) is 18.8 Å². The topological polar surface area (TPSA) is 73.9 Å². The van der Waals surface area contributed by atoms with E-state index < -0.39 is 5.97 Å². The van der Waals surface area contributed by atoms with Crippen LogP contribution in [0.3, 0.4) is 0 Å². The van der Waals surface area contributed by atoms with Crippen LogP contribution in [0.4, 0.5) is 0 Å². The molecule has 0 bridgehead atoms. The van der Waals surface area contributed by atoms with E-state index in [4.69, 9.17) is 15.3 Å². The molecule has 1 aromatic carbocycles. The van der Waals surface area contributed by atoms with Gasteiger partial charge in [-0.2, -0.15) is 5.10 Å². The molecule has 0 aromatic heterocycles. The van der Waals surface area contributed by atoms with Gasteiger partial charge in [0.05, 0.1) is 12.8 Å². The van der Waals surface area contributed by atoms with Gasteiger partial charge in [0.2, 0.25) is 0 Å². The average molecular weight is 301 g/mol. The van der Waals surface area contributed by atoms with Crippen molar-refractivity contribution in [3.05, 3.63) is 22.2 Å². The maximum atomic E-state index is 11.0. The van der Waals surface area contributed by atoms with Gasteiger partial charge in [0.1, 0.15) is 0 Å². The van der Waals surface area contributed by atoms with Gasteiger partial charge in [-0.1, -0.05) is 0 Å². The van der Waals surface area contributed by atoms with E-state index in [-0.39, 0.29) is 0 Å². The van der Waals surface area contributed by atoms with Crippen LogP contribution in [0.1, 0.15) is 19.4 Å². The third kappa shape index (κ3) is 3.74. The number of benzene rings is 1. The molecule has 0 spiro atoms. The summed E-state index contributed by atoms with van der Waals surface area (Å²) in [7, 11) is 0. The zero-order valence-electron chi connectivity index (χ0n) is 9.57. The lowest BCUT2D eigenvalue weighted by Crippen LogP contribution is -2.05. The van der Waals surface area contributed by atoms with E-state index in [2.05, 4.69) is 21.0 Å². The summed E-state index contributed by atoms with van der Waals surface area (Å²) in [5.74, 6) is 5.52. The lowest BCUT2D eigenvalue weighted by molar-refractivity contribution is -0.132. The minimum Gasteiger partial charge on any atom is -0.490 e. The normalized spacial score (nSPS) is 10.5. The van der Waals surface area contributed by atoms with Crippen LogP contribution in [0.15, 0.2) is 21.7 Å². The first-order valence-corrected chi connectivity index (χ1v) is 5.75. The smallest absolute Gasteiger partial charge is 0.308 e. The van der Waals surface area contributed by atoms with Crippen molar-refractivity contribution >= 4 is 28.1 Å². The number of halogens is 1. The Kier molecular flexibility index (Phi) is 4.96. The summed E-state index contributed by atoms with van der Waals surface area (Å²) in [5.41, 5.74) is 0.742. The Morgan fingerprint density at radius 1 is 1.53 bits per heavy atom. The van der Waals surface area contributed by atoms with Crippen molar-refractivity contribution in [2.24, 2.45) is 10.9 Å². The average Bonchev–Trinajstić information content (AvgIpc) is 2.24. The molecule has 0 saturated heterocycles. The number of carbonyl (C=O) groups is 1. The summed E-state index contributed by atoms with van der Waals surface area (Å²) in [4.78, 5) is 11.0. The fourth-order valence-corrected chi connectivity index (χ4v) is 1.66. The van der Waals surface area contributed by atoms with Gasteiger partial charge in [-0.05, 0) is 35.0 Å². The second-order valence-corrected chi connectivity index (χ2v) is 3.98. The van der Waals surface area contributed by atoms with E-state index in [0.717, 1.165) is 5.56 Å². The van der Waals surface area contributed by atoms with Crippen LogP contribution in [0.25, 0.3) is 0 Å². The summed E-state index contributed by atoms with van der Waals surface area (Å²) in [6.07, 6.45) is 1.48. The fraction of sp³-hybridized carbons (Fsp3) is 0.273. The summed E-state index contributed by atoms with van der Waals surface area (Å²) in [6.45, 7) is 3.64. The highest BCUT2D eigenvalue weighted by atomic mass is 79.9. The summed E-state index contributed by atoms with van der Waals surface area (Å²) in [6, 6.07) is 3.34. The highest BCUT2D eigenvalue weighted by Gasteiger charge is 2.11. The molecule has 0 aliphatic carbocycles. The van der Waals surface area contributed by atoms with Gasteiger partial charge < -0.3 is 15.3 Å². The lowest BCUT2D eigenvalue weighted by Gasteiger charge is -2.11. The van der Waals surface area contributed by atoms with E-state index >= 15 is 0 Å². The highest BCUT2D eigenvalue weighted by molar-refractivity contribution is 9.10. The van der Waals surface area contributed by atoms with Crippen LogP contribution in [0.2, 0.25) is 0 Å². The Hall–Kier alpha value is -1.56. The number of carbonyl (C=O) groups excluding carboxylic acids is 1. The standard InChI is InChI=1S/C11H13BrN2O3/c1-3-16-10-4-8(6-14-13)9(12)5-11(10)17-7(2)15/h4-6H,3,13H2,1-2H3. The first-order valence-electron chi connectivity index (χ1n) is 4.96. The zero-order valence-corrected chi connectivity index (χ0v) is 11.2. The third-order valence-corrected chi connectivity index (χ3v) is 2.52. The minimum absolute atomic E-state index is 0.361. The number of rotatable bonds is 4. The van der Waals surface area contributed by atoms with E-state index in [9.17, 15) is 4.79 Å². The van der Waals surface area contributed by atoms with E-state index in [1.807, 2.05) is 6.92 Å². The molecular formula is C11H13BrN2O3. The second-order valence-electron chi connectivity index (χ2n) is 3.13. The maximum absolute atomic E-state index is 11.0. The number of ether oxygens (including phenoxy) is 2. The molecule has 0 fully saturated rings. The SMILES string of the molecule is CCOc1cc(C=NN)c(Br)cc1OC(C)=O. The molecule has 0 unspecified atom stereocenters. The van der Waals surface area contributed by atoms with Crippen molar-refractivity contribution in [1.82, 2.24) is 0 Å². The molecule has 1 rings (SSSR count). The van der Waals surface area contributed by atoms with Gasteiger partial charge in [-0.3, -0.25) is 4.79 Å². The minimum atomic E-state index is -0.405. The van der Waals surface area contributed by atoms with Gasteiger partial charge in [0.25, 0.3) is 0 Å². The van der Waals surface area contributed by atoms with E-state index in [0.29, 0.717) is 22.6 Å². The van der Waals surface area contributed by atoms with Crippen LogP contribution in [0, 0.1) is 0 Å². The molecule has 0 heterocycles. The first-order chi connectivity index (χ1) is 8.08. The van der Waals surface area contributed by atoms with Gasteiger partial charge in [0.15, 0.2) is 11.5 Å². The number of nitrogens with zero attached hydrogens (tertiary/aromatic N) is 1. The molecule has 6 heteroatoms. The van der Waals surface area contributed by atoms with Gasteiger partial charge in [-0.25, -0.2) is 0 Å². The van der Waals surface area contributed by atoms with Crippen LogP contribution >= 0.6 is 15.9 Å². The molecule has 0 atom stereocenters. The van der Waals surface area contributed by atoms with E-state index in [1.54, 1.807) is 12.1 Å². The number of hydrazone groups is 1. The fourth-order valence-electron chi connectivity index (χ4n) is 1.23. The molecule has 92 valence electrons. The van der Waals surface area contributed by atoms with Crippen molar-refractivity contribution in [3.8, 4) is 11.5 Å². The predicted octanol–water partition coefficient (Wildman–Crippen LogP) is 2.07. The van der Waals surface area contributed by atoms with Crippen LogP contribution in [0.5, 0.6) is 11.5 Å². The largest absolute Gasteiger partial charge is 0.490 e. The molecular weight excluding hydrogens is 288 g/mol. The van der Waals surface area contributed by atoms with Crippen molar-refractivity contribution in [2.75, 3.05) is 6.61 Å². The van der Waals surface area contributed by atoms with Crippen LogP contribution in [-0.2, 0) is 4.79 Å². The number of hydrogen-bond donors (Lipinski definition) is 1. The predicted molar refractivity (Wildman–Crippen MR) is 68.4 cm³/mol. The molecule has 17 heavy (non-hydrogen) atoms. The summed E-state index contributed by atoms with van der Waals surface area (Å²) >= 11 is 3.33. The Morgan fingerprint density at radius 3 is 2.76 bits per heavy atom. The molecule has 5 nitrogen and oxygen atoms in total. The molecule has 0 saturated carbocycles. The maximum Gasteiger partial charge on any atom is 0.308 e. The third-order valence-electron chi connectivity index (χ3n) is 1.83. The molecule has 0 radical (unpaired) electrons. The number of esters is 1. The molecule has 0 aliphatic heterocycles. The van der Waals surface area contributed by atoms with Crippen molar-refractivity contribution in [3.63, 3.8) is 0 Å². The van der Waals surface area contributed by atoms with E-state index in [1.165, 1.54) is 13.1 Å². The zero-order chi connectivity index (χ0) is 12.8. The molecule has 0 amide bonds. The monoisotopic (exact) mass is 300 g/mol. The lowest BCUT2D eigenvalue weighted by atomic mass is 10.2. The summed E-state index contributed by atoms with van der Waals surface area (Å²) < 4.78 is 11.1. The first kappa shape index (κ1) is 13.5. The van der Waals surface area contributed by atoms with Crippen LogP contribution < -0.4 is 15.3 Å². The Balaban J connectivity index is 3.19. The van der Waals surface area contributed by atoms with Gasteiger partial charge >= 0.3 is 5.97 Å². The summed E-state index contributed by atoms with van der Waals surface area (Å²) in [5, 5.41) is 3.44. The molecule has 2 N–H and O–H groups in total. The quantitative estimate of drug-likeness (QED) is 0.304. The van der Waals surface area contributed by atoms with Crippen molar-refractivity contribution in [1.29, 1.82) is 0 Å². The second kappa shape index (κ2) is 6.24. The highest BCUT2D eigenvalue weighted by Crippen LogP contribution is 2.33. The van der Waals surface area contributed by atoms with Gasteiger partial charge in [0, 0.05) is 17.0 Å².